The van der Waals surface area contributed by atoms with Crippen LogP contribution in [0.4, 0.5) is 10.1 Å². The van der Waals surface area contributed by atoms with E-state index in [2.05, 4.69) is 11.8 Å². The van der Waals surface area contributed by atoms with Crippen molar-refractivity contribution in [3.8, 4) is 17.6 Å². The number of benzene rings is 1. The molecule has 0 amide bonds. The summed E-state index contributed by atoms with van der Waals surface area (Å²) in [5.74, 6) is 4.44. The molecule has 2 rings (SSSR count). The molecule has 1 aromatic rings. The number of thioether (sulfide) groups is 1. The fourth-order valence-electron chi connectivity index (χ4n) is 2.15. The van der Waals surface area contributed by atoms with Crippen molar-refractivity contribution in [1.29, 1.82) is 0 Å². The minimum absolute atomic E-state index is 0.124. The van der Waals surface area contributed by atoms with Gasteiger partial charge in [-0.15, -0.1) is 0 Å². The summed E-state index contributed by atoms with van der Waals surface area (Å²) in [6.45, 7) is 1.65. The lowest BCUT2D eigenvalue weighted by molar-refractivity contribution is -0.131. The molecule has 0 aromatic heterocycles. The van der Waals surface area contributed by atoms with E-state index in [0.29, 0.717) is 17.8 Å². The van der Waals surface area contributed by atoms with Crippen LogP contribution < -0.4 is 9.64 Å². The Morgan fingerprint density at radius 1 is 1.56 bits per heavy atom. The number of hydrogen-bond acceptors (Lipinski definition) is 5. The van der Waals surface area contributed by atoms with Crippen LogP contribution in [0, 0.1) is 17.7 Å². The molecule has 0 spiro atoms. The Bertz CT molecular complexity index is 764. The van der Waals surface area contributed by atoms with Crippen molar-refractivity contribution in [3.05, 3.63) is 47.3 Å². The number of hydrogen-bond donors (Lipinski definition) is 2. The molecule has 1 aromatic carbocycles. The van der Waals surface area contributed by atoms with E-state index in [1.807, 2.05) is 0 Å². The van der Waals surface area contributed by atoms with Gasteiger partial charge in [0.05, 0.1) is 13.2 Å². The lowest BCUT2D eigenvalue weighted by Crippen LogP contribution is -2.26. The van der Waals surface area contributed by atoms with Gasteiger partial charge in [-0.2, -0.15) is 0 Å². The average Bonchev–Trinajstić information content (AvgIpc) is 2.95. The summed E-state index contributed by atoms with van der Waals surface area (Å²) in [6.07, 6.45) is 2.24. The van der Waals surface area contributed by atoms with Gasteiger partial charge >= 0.3 is 5.97 Å². The predicted octanol–water partition coefficient (Wildman–Crippen LogP) is 2.97. The van der Waals surface area contributed by atoms with Crippen LogP contribution in [0.2, 0.25) is 0 Å². The Labute approximate surface area is 149 Å². The Morgan fingerprint density at radius 3 is 2.92 bits per heavy atom. The molecule has 2 N–H and O–H groups in total. The van der Waals surface area contributed by atoms with Crippen molar-refractivity contribution in [3.63, 3.8) is 0 Å². The number of aliphatic hydroxyl groups excluding tert-OH is 1. The highest BCUT2D eigenvalue weighted by Gasteiger charge is 2.26. The third-order valence-corrected chi connectivity index (χ3v) is 4.23. The maximum Gasteiger partial charge on any atom is 0.328 e. The van der Waals surface area contributed by atoms with Gasteiger partial charge in [-0.1, -0.05) is 23.6 Å². The molecule has 0 aliphatic carbocycles. The molecule has 0 radical (unpaired) electrons. The first-order valence-electron chi connectivity index (χ1n) is 7.48. The first kappa shape index (κ1) is 18.9. The van der Waals surface area contributed by atoms with Gasteiger partial charge < -0.3 is 19.8 Å². The van der Waals surface area contributed by atoms with Gasteiger partial charge in [-0.05, 0) is 30.5 Å². The molecular formula is C18H18FNO4S. The molecule has 1 heterocycles. The van der Waals surface area contributed by atoms with Crippen LogP contribution in [0.15, 0.2) is 41.5 Å². The number of aliphatic hydroxyl groups is 1. The fraction of sp³-hybridized carbons (Fsp3) is 0.278. The molecule has 2 unspecified atom stereocenters. The number of anilines is 1. The van der Waals surface area contributed by atoms with Crippen molar-refractivity contribution in [2.75, 3.05) is 12.0 Å². The fourth-order valence-corrected chi connectivity index (χ4v) is 3.12. The van der Waals surface area contributed by atoms with Crippen molar-refractivity contribution in [2.24, 2.45) is 0 Å². The topological polar surface area (TPSA) is 70.0 Å². The monoisotopic (exact) mass is 363 g/mol. The van der Waals surface area contributed by atoms with E-state index in [-0.39, 0.29) is 11.1 Å². The van der Waals surface area contributed by atoms with Crippen LogP contribution in [0.5, 0.6) is 5.75 Å². The summed E-state index contributed by atoms with van der Waals surface area (Å²) in [5.41, 5.74) is 1.12. The van der Waals surface area contributed by atoms with Gasteiger partial charge in [0.15, 0.2) is 11.6 Å². The highest BCUT2D eigenvalue weighted by Crippen LogP contribution is 2.37. The molecule has 132 valence electrons. The molecule has 0 bridgehead atoms. The third-order valence-electron chi connectivity index (χ3n) is 3.26. The number of carbonyl (C=O) groups is 1. The number of carboxylic acid groups (broad SMARTS) is 1. The first-order chi connectivity index (χ1) is 11.9. The van der Waals surface area contributed by atoms with Gasteiger partial charge in [-0.25, -0.2) is 9.18 Å². The van der Waals surface area contributed by atoms with Crippen LogP contribution in [0.25, 0.3) is 0 Å². The van der Waals surface area contributed by atoms with Crippen LogP contribution in [0.3, 0.4) is 0 Å². The minimum Gasteiger partial charge on any atom is -0.494 e. The SMILES string of the molecule is COc1ccc(N2C(C=CC(=O)O)=CSC2C#CCC(C)O)cc1F. The minimum atomic E-state index is -1.07. The number of aliphatic carboxylic acids is 1. The van der Waals surface area contributed by atoms with Crippen molar-refractivity contribution in [1.82, 2.24) is 0 Å². The number of allylic oxidation sites excluding steroid dienone is 1. The average molecular weight is 363 g/mol. The zero-order chi connectivity index (χ0) is 18.4. The van der Waals surface area contributed by atoms with Gasteiger partial charge in [0.25, 0.3) is 0 Å². The molecule has 2 atom stereocenters. The second-order valence-corrected chi connectivity index (χ2v) is 6.22. The third kappa shape index (κ3) is 5.02. The predicted molar refractivity (Wildman–Crippen MR) is 95.7 cm³/mol. The van der Waals surface area contributed by atoms with Crippen LogP contribution >= 0.6 is 11.8 Å². The molecule has 1 aliphatic heterocycles. The number of nitrogens with zero attached hydrogens (tertiary/aromatic N) is 1. The van der Waals surface area contributed by atoms with E-state index in [1.54, 1.807) is 23.3 Å². The summed E-state index contributed by atoms with van der Waals surface area (Å²) in [4.78, 5) is 12.5. The summed E-state index contributed by atoms with van der Waals surface area (Å²) < 4.78 is 19.0. The molecule has 5 nitrogen and oxygen atoms in total. The number of methoxy groups -OCH3 is 1. The zero-order valence-corrected chi connectivity index (χ0v) is 14.6. The van der Waals surface area contributed by atoms with Crippen LogP contribution in [-0.4, -0.2) is 34.8 Å². The second kappa shape index (κ2) is 8.60. The normalized spacial score (nSPS) is 17.8. The molecule has 25 heavy (non-hydrogen) atoms. The highest BCUT2D eigenvalue weighted by atomic mass is 32.2. The number of halogens is 1. The Balaban J connectivity index is 2.35. The van der Waals surface area contributed by atoms with Crippen LogP contribution in [0.1, 0.15) is 13.3 Å². The lowest BCUT2D eigenvalue weighted by atomic mass is 10.2. The molecule has 0 fully saturated rings. The van der Waals surface area contributed by atoms with Gasteiger partial charge in [0, 0.05) is 29.9 Å². The van der Waals surface area contributed by atoms with Crippen molar-refractivity contribution in [2.45, 2.75) is 24.8 Å². The van der Waals surface area contributed by atoms with Crippen LogP contribution in [-0.2, 0) is 4.79 Å². The van der Waals surface area contributed by atoms with Crippen molar-refractivity contribution >= 4 is 23.4 Å². The van der Waals surface area contributed by atoms with E-state index < -0.39 is 17.9 Å². The summed E-state index contributed by atoms with van der Waals surface area (Å²) >= 11 is 1.38. The standard InChI is InChI=1S/C18H18FNO4S/c1-12(21)4-3-5-17-20(14(11-25-17)7-9-18(22)23)13-6-8-16(24-2)15(19)10-13/h6-12,17,21H,4H2,1-2H3,(H,22,23). The molecule has 7 heteroatoms. The molecular weight excluding hydrogens is 345 g/mol. The Morgan fingerprint density at radius 2 is 2.32 bits per heavy atom. The lowest BCUT2D eigenvalue weighted by Gasteiger charge is -2.25. The Kier molecular flexibility index (Phi) is 6.51. The van der Waals surface area contributed by atoms with E-state index in [4.69, 9.17) is 9.84 Å². The molecule has 0 saturated carbocycles. The first-order valence-corrected chi connectivity index (χ1v) is 8.42. The number of carboxylic acids is 1. The highest BCUT2D eigenvalue weighted by molar-refractivity contribution is 8.03. The van der Waals surface area contributed by atoms with Gasteiger partial charge in [-0.3, -0.25) is 0 Å². The second-order valence-electron chi connectivity index (χ2n) is 5.27. The molecule has 0 saturated heterocycles. The van der Waals surface area contributed by atoms with E-state index >= 15 is 0 Å². The number of rotatable bonds is 5. The van der Waals surface area contributed by atoms with E-state index in [1.165, 1.54) is 37.1 Å². The van der Waals surface area contributed by atoms with Crippen molar-refractivity contribution < 1.29 is 24.1 Å². The molecule has 1 aliphatic rings. The summed E-state index contributed by atoms with van der Waals surface area (Å²) in [6, 6.07) is 4.50. The van der Waals surface area contributed by atoms with E-state index in [0.717, 1.165) is 6.08 Å². The quantitative estimate of drug-likeness (QED) is 0.619. The van der Waals surface area contributed by atoms with Gasteiger partial charge in [0.2, 0.25) is 0 Å². The maximum atomic E-state index is 14.1. The maximum absolute atomic E-state index is 14.1. The summed E-state index contributed by atoms with van der Waals surface area (Å²) in [5, 5.41) is 19.6. The summed E-state index contributed by atoms with van der Waals surface area (Å²) in [7, 11) is 1.38. The zero-order valence-electron chi connectivity index (χ0n) is 13.8. The smallest absolute Gasteiger partial charge is 0.328 e. The largest absolute Gasteiger partial charge is 0.494 e. The Hall–Kier alpha value is -2.43. The van der Waals surface area contributed by atoms with E-state index in [9.17, 15) is 14.3 Å². The van der Waals surface area contributed by atoms with Gasteiger partial charge in [0.1, 0.15) is 5.37 Å². The number of ether oxygens (including phenoxy) is 1.